The SMILES string of the molecule is C#CCn1cc(-c2cnc3c(Nc4ccc(C(=O)N5CCN(C(=O)C(C)N)CC5)c(CC)c4)nccn23)c(C(F)F)n1. The zero-order valence-corrected chi connectivity index (χ0v) is 23.3. The van der Waals surface area contributed by atoms with E-state index < -0.39 is 12.5 Å². The van der Waals surface area contributed by atoms with Gasteiger partial charge in [0.25, 0.3) is 12.3 Å². The van der Waals surface area contributed by atoms with Gasteiger partial charge in [-0.1, -0.05) is 12.8 Å². The molecule has 3 N–H and O–H groups in total. The van der Waals surface area contributed by atoms with Crippen LogP contribution < -0.4 is 11.1 Å². The molecule has 4 heterocycles. The number of nitrogens with zero attached hydrogens (tertiary/aromatic N) is 7. The highest BCUT2D eigenvalue weighted by molar-refractivity contribution is 5.96. The third-order valence-electron chi connectivity index (χ3n) is 7.20. The van der Waals surface area contributed by atoms with Crippen molar-refractivity contribution in [1.82, 2.24) is 33.9 Å². The fourth-order valence-corrected chi connectivity index (χ4v) is 5.07. The Hall–Kier alpha value is -4.83. The van der Waals surface area contributed by atoms with Crippen LogP contribution in [0.1, 0.15) is 41.9 Å². The highest BCUT2D eigenvalue weighted by Gasteiger charge is 2.27. The van der Waals surface area contributed by atoms with E-state index >= 15 is 0 Å². The van der Waals surface area contributed by atoms with Gasteiger partial charge in [-0.05, 0) is 37.1 Å². The first-order valence-electron chi connectivity index (χ1n) is 13.6. The number of nitrogens with two attached hydrogens (primary N) is 1. The standard InChI is InChI=1S/C29H31F2N9O2/c1-4-9-39-17-22(24(36-39)25(30)31)23-16-34-27-26(33-8-10-40(23)27)35-20-6-7-21(19(5-2)15-20)29(42)38-13-11-37(12-14-38)28(41)18(3)32/h1,6-8,10,15-18,25H,5,9,11-14,32H2,2-3H3,(H,33,35). The quantitative estimate of drug-likeness (QED) is 0.309. The van der Waals surface area contributed by atoms with E-state index in [4.69, 9.17) is 12.2 Å². The summed E-state index contributed by atoms with van der Waals surface area (Å²) in [6.07, 6.45) is 9.31. The summed E-state index contributed by atoms with van der Waals surface area (Å²) < 4.78 is 30.5. The number of halogens is 2. The van der Waals surface area contributed by atoms with Gasteiger partial charge in [0.05, 0.1) is 17.9 Å². The van der Waals surface area contributed by atoms with Crippen LogP contribution in [0.5, 0.6) is 0 Å². The lowest BCUT2D eigenvalue weighted by molar-refractivity contribution is -0.133. The molecular formula is C29H31F2N9O2. The van der Waals surface area contributed by atoms with Crippen LogP contribution in [0, 0.1) is 12.3 Å². The van der Waals surface area contributed by atoms with Crippen molar-refractivity contribution < 1.29 is 18.4 Å². The molecule has 3 aromatic heterocycles. The van der Waals surface area contributed by atoms with Crippen molar-refractivity contribution in [2.45, 2.75) is 39.3 Å². The molecule has 218 valence electrons. The second kappa shape index (κ2) is 12.0. The maximum Gasteiger partial charge on any atom is 0.282 e. The number of fused-ring (bicyclic) bond motifs is 1. The normalized spacial score (nSPS) is 14.3. The third-order valence-corrected chi connectivity index (χ3v) is 7.20. The Labute approximate surface area is 241 Å². The minimum absolute atomic E-state index is 0.0620. The van der Waals surface area contributed by atoms with Crippen molar-refractivity contribution in [3.05, 3.63) is 59.8 Å². The molecule has 1 aliphatic rings. The van der Waals surface area contributed by atoms with E-state index in [-0.39, 0.29) is 29.6 Å². The Balaban J connectivity index is 1.37. The van der Waals surface area contributed by atoms with E-state index in [1.165, 1.54) is 17.1 Å². The molecule has 4 aromatic rings. The summed E-state index contributed by atoms with van der Waals surface area (Å²) >= 11 is 0. The Morgan fingerprint density at radius 2 is 1.90 bits per heavy atom. The summed E-state index contributed by atoms with van der Waals surface area (Å²) in [4.78, 5) is 37.9. The summed E-state index contributed by atoms with van der Waals surface area (Å²) in [6, 6.07) is 4.88. The van der Waals surface area contributed by atoms with E-state index in [1.54, 1.807) is 45.7 Å². The highest BCUT2D eigenvalue weighted by atomic mass is 19.3. The molecule has 13 heteroatoms. The smallest absolute Gasteiger partial charge is 0.282 e. The number of carbonyl (C=O) groups is 2. The van der Waals surface area contributed by atoms with E-state index in [9.17, 15) is 18.4 Å². The summed E-state index contributed by atoms with van der Waals surface area (Å²) in [5.41, 5.74) is 8.54. The number of rotatable bonds is 8. The highest BCUT2D eigenvalue weighted by Crippen LogP contribution is 2.32. The van der Waals surface area contributed by atoms with Gasteiger partial charge in [0.15, 0.2) is 11.5 Å². The van der Waals surface area contributed by atoms with E-state index in [2.05, 4.69) is 26.3 Å². The minimum Gasteiger partial charge on any atom is -0.338 e. The number of hydrogen-bond acceptors (Lipinski definition) is 7. The third kappa shape index (κ3) is 5.53. The molecule has 0 aliphatic carbocycles. The maximum atomic E-state index is 13.8. The van der Waals surface area contributed by atoms with Gasteiger partial charge in [-0.15, -0.1) is 6.42 Å². The average molecular weight is 576 g/mol. The molecule has 1 atom stereocenters. The van der Waals surface area contributed by atoms with Gasteiger partial charge in [-0.25, -0.2) is 18.7 Å². The number of piperazine rings is 1. The first-order valence-corrected chi connectivity index (χ1v) is 13.6. The first-order chi connectivity index (χ1) is 20.2. The molecular weight excluding hydrogens is 544 g/mol. The molecule has 1 fully saturated rings. The molecule has 0 saturated carbocycles. The van der Waals surface area contributed by atoms with Gasteiger partial charge in [0.2, 0.25) is 5.91 Å². The van der Waals surface area contributed by atoms with Crippen LogP contribution in [-0.4, -0.2) is 78.0 Å². The van der Waals surface area contributed by atoms with Gasteiger partial charge < -0.3 is 20.9 Å². The Morgan fingerprint density at radius 3 is 2.57 bits per heavy atom. The predicted molar refractivity (Wildman–Crippen MR) is 153 cm³/mol. The van der Waals surface area contributed by atoms with Gasteiger partial charge in [0.1, 0.15) is 12.2 Å². The number of carbonyl (C=O) groups excluding carboxylic acids is 2. The number of benzene rings is 1. The van der Waals surface area contributed by atoms with Crippen molar-refractivity contribution in [3.63, 3.8) is 0 Å². The predicted octanol–water partition coefficient (Wildman–Crippen LogP) is 3.10. The van der Waals surface area contributed by atoms with Crippen LogP contribution in [0.25, 0.3) is 16.9 Å². The zero-order chi connectivity index (χ0) is 30.0. The van der Waals surface area contributed by atoms with Crippen LogP contribution in [0.15, 0.2) is 43.0 Å². The number of alkyl halides is 2. The van der Waals surface area contributed by atoms with E-state index in [0.717, 1.165) is 5.56 Å². The van der Waals surface area contributed by atoms with Crippen molar-refractivity contribution in [2.24, 2.45) is 5.73 Å². The van der Waals surface area contributed by atoms with Gasteiger partial charge in [-0.3, -0.25) is 18.7 Å². The van der Waals surface area contributed by atoms with Gasteiger partial charge in [-0.2, -0.15) is 5.10 Å². The van der Waals surface area contributed by atoms with Gasteiger partial charge in [0, 0.05) is 61.6 Å². The second-order valence-corrected chi connectivity index (χ2v) is 10.00. The molecule has 0 radical (unpaired) electrons. The number of nitrogens with one attached hydrogen (secondary N) is 1. The van der Waals surface area contributed by atoms with E-state index in [0.29, 0.717) is 61.0 Å². The van der Waals surface area contributed by atoms with Crippen LogP contribution >= 0.6 is 0 Å². The van der Waals surface area contributed by atoms with Crippen LogP contribution in [0.3, 0.4) is 0 Å². The summed E-state index contributed by atoms with van der Waals surface area (Å²) in [5.74, 6) is 2.60. The lowest BCUT2D eigenvalue weighted by Crippen LogP contribution is -2.53. The number of anilines is 2. The molecule has 5 rings (SSSR count). The zero-order valence-electron chi connectivity index (χ0n) is 23.3. The summed E-state index contributed by atoms with van der Waals surface area (Å²) in [6.45, 7) is 5.44. The fraction of sp³-hybridized carbons (Fsp3) is 0.345. The minimum atomic E-state index is -2.79. The van der Waals surface area contributed by atoms with Crippen LogP contribution in [-0.2, 0) is 17.8 Å². The van der Waals surface area contributed by atoms with Crippen molar-refractivity contribution in [3.8, 4) is 23.6 Å². The molecule has 11 nitrogen and oxygen atoms in total. The molecule has 1 unspecified atom stereocenters. The molecule has 42 heavy (non-hydrogen) atoms. The van der Waals surface area contributed by atoms with Gasteiger partial charge >= 0.3 is 0 Å². The van der Waals surface area contributed by atoms with Crippen LogP contribution in [0.2, 0.25) is 0 Å². The second-order valence-electron chi connectivity index (χ2n) is 10.00. The Morgan fingerprint density at radius 1 is 1.17 bits per heavy atom. The Kier molecular flexibility index (Phi) is 8.17. The lowest BCUT2D eigenvalue weighted by atomic mass is 10.0. The van der Waals surface area contributed by atoms with Crippen molar-refractivity contribution >= 4 is 29.0 Å². The molecule has 1 saturated heterocycles. The molecule has 0 spiro atoms. The number of terminal acetylenes is 1. The van der Waals surface area contributed by atoms with Crippen molar-refractivity contribution in [2.75, 3.05) is 31.5 Å². The lowest BCUT2D eigenvalue weighted by Gasteiger charge is -2.35. The molecule has 1 aromatic carbocycles. The largest absolute Gasteiger partial charge is 0.338 e. The number of aromatic nitrogens is 5. The number of amides is 2. The van der Waals surface area contributed by atoms with E-state index in [1.807, 2.05) is 13.0 Å². The number of hydrogen-bond donors (Lipinski definition) is 2. The maximum absolute atomic E-state index is 13.8. The van der Waals surface area contributed by atoms with Crippen molar-refractivity contribution in [1.29, 1.82) is 0 Å². The summed E-state index contributed by atoms with van der Waals surface area (Å²) in [5, 5.41) is 7.20. The number of imidazole rings is 1. The topological polar surface area (TPSA) is 127 Å². The number of aryl methyl sites for hydroxylation is 1. The van der Waals surface area contributed by atoms with Crippen LogP contribution in [0.4, 0.5) is 20.3 Å². The summed E-state index contributed by atoms with van der Waals surface area (Å²) in [7, 11) is 0. The Bertz CT molecular complexity index is 1660. The first kappa shape index (κ1) is 28.7. The monoisotopic (exact) mass is 575 g/mol. The molecule has 0 bridgehead atoms. The molecule has 2 amide bonds. The fourth-order valence-electron chi connectivity index (χ4n) is 5.07. The average Bonchev–Trinajstić information content (AvgIpc) is 3.61. The molecule has 1 aliphatic heterocycles.